The van der Waals surface area contributed by atoms with E-state index in [1.165, 1.54) is 16.8 Å². The van der Waals surface area contributed by atoms with Crippen LogP contribution in [-0.4, -0.2) is 243 Å². The Morgan fingerprint density at radius 1 is 0.390 bits per heavy atom. The predicted octanol–water partition coefficient (Wildman–Crippen LogP) is 16.4. The van der Waals surface area contributed by atoms with Crippen molar-refractivity contribution in [2.75, 3.05) is 100 Å². The maximum absolute atomic E-state index is 5.61. The van der Waals surface area contributed by atoms with Crippen molar-refractivity contribution < 1.29 is 4.74 Å². The Balaban J connectivity index is 0.000000115. The molecule has 720 valence electrons. The Bertz CT molecular complexity index is 7610. The number of anilines is 4. The van der Waals surface area contributed by atoms with Crippen LogP contribution in [0.2, 0.25) is 0 Å². The Morgan fingerprint density at radius 2 is 0.830 bits per heavy atom. The summed E-state index contributed by atoms with van der Waals surface area (Å²) < 4.78 is 22.6. The molecule has 3 aliphatic heterocycles. The van der Waals surface area contributed by atoms with Crippen LogP contribution in [0, 0.1) is 27.7 Å². The quantitative estimate of drug-likeness (QED) is 0.0636. The molecule has 3 aromatic carbocycles. The summed E-state index contributed by atoms with van der Waals surface area (Å²) in [6.45, 7) is 40.2. The van der Waals surface area contributed by atoms with Crippen LogP contribution in [-0.2, 0) is 30.7 Å². The summed E-state index contributed by atoms with van der Waals surface area (Å²) in [7, 11) is 4.34. The molecule has 0 aliphatic carbocycles. The monoisotopic (exact) mass is 1890 g/mol. The lowest BCUT2D eigenvalue weighted by molar-refractivity contribution is 0.0853. The van der Waals surface area contributed by atoms with Crippen LogP contribution in [0.4, 0.5) is 23.1 Å². The van der Waals surface area contributed by atoms with Crippen molar-refractivity contribution in [3.05, 3.63) is 258 Å². The number of pyridine rings is 5. The highest BCUT2D eigenvalue weighted by Gasteiger charge is 2.31. The molecule has 20 aromatic rings. The highest BCUT2D eigenvalue weighted by molar-refractivity contribution is 5.87. The van der Waals surface area contributed by atoms with Gasteiger partial charge in [-0.15, -0.1) is 40.8 Å². The topological polar surface area (TPSA) is 354 Å². The fourth-order valence-electron chi connectivity index (χ4n) is 19.0. The average Bonchev–Trinajstić information content (AvgIpc) is 1.62. The molecule has 3 fully saturated rings. The molecule has 2 atom stereocenters. The third-order valence-corrected chi connectivity index (χ3v) is 26.8. The normalized spacial score (nSPS) is 14.6. The smallest absolute Gasteiger partial charge is 0.203 e. The number of hydrogen-bond acceptors (Lipinski definition) is 28. The number of fused-ring (bicyclic) bond motifs is 8. The van der Waals surface area contributed by atoms with Gasteiger partial charge in [-0.2, -0.15) is 0 Å². The third kappa shape index (κ3) is 19.2. The van der Waals surface area contributed by atoms with Gasteiger partial charge in [0.2, 0.25) is 11.3 Å². The first-order chi connectivity index (χ1) is 68.5. The summed E-state index contributed by atoms with van der Waals surface area (Å²) in [5, 5.41) is 41.3. The first-order valence-electron chi connectivity index (χ1n) is 48.9. The summed E-state index contributed by atoms with van der Waals surface area (Å²) in [4.78, 5) is 72.5. The van der Waals surface area contributed by atoms with E-state index in [-0.39, 0.29) is 24.2 Å². The Hall–Kier alpha value is -15.4. The summed E-state index contributed by atoms with van der Waals surface area (Å²) in [6, 6.07) is 42.4. The number of benzene rings is 3. The number of aromatic nitrogens is 29. The summed E-state index contributed by atoms with van der Waals surface area (Å²) in [5.74, 6) is 9.75. The van der Waals surface area contributed by atoms with E-state index in [1.807, 2.05) is 137 Å². The second kappa shape index (κ2) is 40.2. The average molecular weight is 1890 g/mol. The number of ether oxygens (including phenoxy) is 1. The van der Waals surface area contributed by atoms with Gasteiger partial charge < -0.3 is 53.2 Å². The number of nitrogens with zero attached hydrogens (tertiary/aromatic N) is 33. The van der Waals surface area contributed by atoms with Gasteiger partial charge in [0.1, 0.15) is 57.4 Å². The van der Waals surface area contributed by atoms with Crippen LogP contribution < -0.4 is 20.4 Å². The van der Waals surface area contributed by atoms with Crippen molar-refractivity contribution in [2.45, 2.75) is 172 Å². The molecule has 0 unspecified atom stereocenters. The molecule has 3 aliphatic rings. The minimum atomic E-state index is -0.0489. The molecule has 0 bridgehead atoms. The molecule has 0 radical (unpaired) electrons. The number of hydrogen-bond donors (Lipinski definition) is 2. The minimum absolute atomic E-state index is 0.0374. The molecule has 20 heterocycles. The van der Waals surface area contributed by atoms with Gasteiger partial charge in [0.05, 0.1) is 92.8 Å². The molecular formula is C105H119N35O. The first-order valence-corrected chi connectivity index (χ1v) is 48.9. The van der Waals surface area contributed by atoms with Gasteiger partial charge in [0.15, 0.2) is 46.2 Å². The minimum Gasteiger partial charge on any atom is -0.381 e. The summed E-state index contributed by atoms with van der Waals surface area (Å²) in [5.41, 5.74) is 23.9. The zero-order chi connectivity index (χ0) is 97.4. The first kappa shape index (κ1) is 93.2. The maximum atomic E-state index is 5.61. The fourth-order valence-corrected chi connectivity index (χ4v) is 19.0. The van der Waals surface area contributed by atoms with Gasteiger partial charge in [-0.25, -0.2) is 44.9 Å². The highest BCUT2D eigenvalue weighted by atomic mass is 16.5. The van der Waals surface area contributed by atoms with Crippen molar-refractivity contribution in [2.24, 2.45) is 0 Å². The second-order valence-electron chi connectivity index (χ2n) is 37.7. The van der Waals surface area contributed by atoms with Gasteiger partial charge in [-0.05, 0) is 222 Å². The molecule has 23 rings (SSSR count). The molecule has 17 aromatic heterocycles. The Kier molecular flexibility index (Phi) is 26.6. The molecule has 0 amide bonds. The molecular weight excluding hydrogens is 1770 g/mol. The van der Waals surface area contributed by atoms with E-state index in [4.69, 9.17) is 49.6 Å². The van der Waals surface area contributed by atoms with Crippen LogP contribution >= 0.6 is 0 Å². The van der Waals surface area contributed by atoms with Gasteiger partial charge in [0.25, 0.3) is 0 Å². The van der Waals surface area contributed by atoms with Crippen molar-refractivity contribution in [3.8, 4) is 46.1 Å². The standard InChI is InChI=1S/C28H32N8O.C26H29N9.C26H30N8.C25H28N10/c1-17(2)30-26-28-34-33-19(4)35(28)16-24(31-26)27-32-23-9-8-21(20-10-13-37-14-11-20)15-25(23)36(27)18(3)22-7-5-6-12-29-22;1-4-21-26-31-30-18(2)34(26)17-23(28-21)25-29-22-8-7-20(33-12-10-32(3)11-13-33)14-24(22)35(25)16-19-6-5-9-27-15-19;1-15(2)19-10-11-21-23(13-19)34(17(5)20-9-7-8-12-27-20)25(30-21)22-14-33-18(6)31-32-26(33)24(29-22)28-16(3)4;1-4-19-25-31-30-17(2)34(25)16-21(28-19)24-29-20-14-27-23(33-10-8-32(3)9-11-33)12-22(20)35(24)15-18-6-5-7-26-13-18/h5-9,12,15-18,20H,10-11,13-14H2,1-4H3,(H,30,31);5-9,14-15,17H,4,10-13,16H2,1-3H3;7-17H,1-6H3,(H,28,29);5-7,12-14,16H,4,8-11,15H2,1-3H3/t18-;;17-;/m0.0./s1. The number of aryl methyl sites for hydroxylation is 6. The molecule has 0 spiro atoms. The van der Waals surface area contributed by atoms with E-state index in [1.54, 1.807) is 12.4 Å². The van der Waals surface area contributed by atoms with Gasteiger partial charge in [-0.1, -0.05) is 64.1 Å². The lowest BCUT2D eigenvalue weighted by Crippen LogP contribution is -2.44. The van der Waals surface area contributed by atoms with Crippen molar-refractivity contribution >= 4 is 89.9 Å². The SMILES string of the molecule is CCc1nc(-c2nc3ccc(N4CCN(C)CC4)cc3n2Cc2cccnc2)cn2c(C)nnc12.CCc1nc(-c2nc3cnc(N4CCN(C)CC4)cc3n2Cc2cccnc2)cn2c(C)nnc12.Cc1nnc2c(NC(C)C)nc(-c3nc4ccc(C(C)C)cc4n3[C@@H](C)c3ccccn3)cn12.Cc1nnc2c(NC(C)C)nc(-c3nc4ccc(C5CCOCC5)cc4n3[C@@H](C)c3ccccn3)cn12. The second-order valence-corrected chi connectivity index (χ2v) is 37.7. The van der Waals surface area contributed by atoms with E-state index >= 15 is 0 Å². The lowest BCUT2D eigenvalue weighted by Gasteiger charge is -2.34. The predicted molar refractivity (Wildman–Crippen MR) is 550 cm³/mol. The van der Waals surface area contributed by atoms with Crippen molar-refractivity contribution in [1.82, 2.24) is 151 Å². The van der Waals surface area contributed by atoms with E-state index < -0.39 is 0 Å². The van der Waals surface area contributed by atoms with Crippen LogP contribution in [0.15, 0.2) is 189 Å². The van der Waals surface area contributed by atoms with Crippen LogP contribution in [0.25, 0.3) is 113 Å². The van der Waals surface area contributed by atoms with Crippen LogP contribution in [0.5, 0.6) is 0 Å². The number of nitrogens with one attached hydrogen (secondary N) is 2. The van der Waals surface area contributed by atoms with E-state index in [2.05, 4.69) is 277 Å². The lowest BCUT2D eigenvalue weighted by atomic mass is 9.91. The number of rotatable bonds is 22. The zero-order valence-corrected chi connectivity index (χ0v) is 82.8. The van der Waals surface area contributed by atoms with Crippen molar-refractivity contribution in [1.29, 1.82) is 0 Å². The van der Waals surface area contributed by atoms with E-state index in [9.17, 15) is 0 Å². The van der Waals surface area contributed by atoms with E-state index in [0.29, 0.717) is 47.9 Å². The van der Waals surface area contributed by atoms with E-state index in [0.717, 1.165) is 256 Å². The Morgan fingerprint density at radius 3 is 1.30 bits per heavy atom. The molecule has 36 nitrogen and oxygen atoms in total. The molecule has 3 saturated heterocycles. The van der Waals surface area contributed by atoms with Gasteiger partial charge in [-0.3, -0.25) is 37.5 Å². The van der Waals surface area contributed by atoms with Crippen LogP contribution in [0.1, 0.15) is 174 Å². The van der Waals surface area contributed by atoms with Crippen LogP contribution in [0.3, 0.4) is 0 Å². The number of piperazine rings is 2. The molecule has 0 saturated carbocycles. The zero-order valence-electron chi connectivity index (χ0n) is 82.8. The summed E-state index contributed by atoms with van der Waals surface area (Å²) >= 11 is 0. The molecule has 36 heteroatoms. The van der Waals surface area contributed by atoms with Gasteiger partial charge in [0, 0.05) is 151 Å². The summed E-state index contributed by atoms with van der Waals surface area (Å²) in [6.07, 6.45) is 24.5. The fraction of sp³-hybridized carbons (Fsp3) is 0.362. The maximum Gasteiger partial charge on any atom is 0.203 e. The number of likely N-dealkylation sites (N-methyl/N-ethyl adjacent to an activating group) is 2. The Labute approximate surface area is 817 Å². The largest absolute Gasteiger partial charge is 0.381 e. The highest BCUT2D eigenvalue weighted by Crippen LogP contribution is 2.40. The molecule has 2 N–H and O–H groups in total. The third-order valence-electron chi connectivity index (χ3n) is 26.8. The number of imidazole rings is 4. The van der Waals surface area contributed by atoms with Gasteiger partial charge >= 0.3 is 0 Å². The van der Waals surface area contributed by atoms with Crippen molar-refractivity contribution in [3.63, 3.8) is 0 Å². The molecule has 141 heavy (non-hydrogen) atoms.